The van der Waals surface area contributed by atoms with Crippen LogP contribution in [0.3, 0.4) is 0 Å². The summed E-state index contributed by atoms with van der Waals surface area (Å²) in [5.41, 5.74) is 7.45. The van der Waals surface area contributed by atoms with Gasteiger partial charge in [0.25, 0.3) is 0 Å². The first-order chi connectivity index (χ1) is 9.34. The van der Waals surface area contributed by atoms with Crippen molar-refractivity contribution in [2.75, 3.05) is 20.3 Å². The molecule has 1 rings (SSSR count). The van der Waals surface area contributed by atoms with E-state index in [1.165, 1.54) is 0 Å². The third kappa shape index (κ3) is 5.70. The minimum absolute atomic E-state index is 0.0825. The van der Waals surface area contributed by atoms with Crippen LogP contribution in [-0.2, 0) is 11.2 Å². The van der Waals surface area contributed by atoms with E-state index in [4.69, 9.17) is 26.8 Å². The number of halogens is 1. The van der Waals surface area contributed by atoms with E-state index in [2.05, 4.69) is 20.8 Å². The smallest absolute Gasteiger partial charge is 0.138 e. The van der Waals surface area contributed by atoms with Crippen molar-refractivity contribution in [1.29, 1.82) is 0 Å². The summed E-state index contributed by atoms with van der Waals surface area (Å²) in [5.74, 6) is 0.723. The fraction of sp³-hybridized carbons (Fsp3) is 0.625. The van der Waals surface area contributed by atoms with Crippen LogP contribution in [0.4, 0.5) is 0 Å². The predicted molar refractivity (Wildman–Crippen MR) is 84.6 cm³/mol. The van der Waals surface area contributed by atoms with Crippen molar-refractivity contribution in [3.63, 3.8) is 0 Å². The summed E-state index contributed by atoms with van der Waals surface area (Å²) in [6, 6.07) is 5.97. The molecule has 1 unspecified atom stereocenters. The minimum atomic E-state index is 0.0825. The second-order valence-corrected chi connectivity index (χ2v) is 6.54. The molecule has 0 spiro atoms. The Balaban J connectivity index is 2.66. The quantitative estimate of drug-likeness (QED) is 0.781. The maximum atomic E-state index is 6.22. The van der Waals surface area contributed by atoms with Crippen molar-refractivity contribution in [3.8, 4) is 5.75 Å². The Morgan fingerprint density at radius 3 is 2.55 bits per heavy atom. The van der Waals surface area contributed by atoms with E-state index < -0.39 is 0 Å². The van der Waals surface area contributed by atoms with Gasteiger partial charge in [-0.1, -0.05) is 38.4 Å². The van der Waals surface area contributed by atoms with Gasteiger partial charge in [-0.15, -0.1) is 0 Å². The number of ether oxygens (including phenoxy) is 2. The number of methoxy groups -OCH3 is 1. The number of hydrogen-bond acceptors (Lipinski definition) is 3. The predicted octanol–water partition coefficient (Wildman–Crippen LogP) is 3.67. The molecule has 4 heteroatoms. The molecule has 0 aliphatic heterocycles. The van der Waals surface area contributed by atoms with E-state index in [1.807, 2.05) is 18.2 Å². The summed E-state index contributed by atoms with van der Waals surface area (Å²) in [6.07, 6.45) is 1.66. The number of hydrogen-bond donors (Lipinski definition) is 1. The van der Waals surface area contributed by atoms with Gasteiger partial charge in [-0.25, -0.2) is 0 Å². The Labute approximate surface area is 127 Å². The average Bonchev–Trinajstić information content (AvgIpc) is 2.37. The molecule has 0 aliphatic carbocycles. The van der Waals surface area contributed by atoms with E-state index in [-0.39, 0.29) is 11.5 Å². The van der Waals surface area contributed by atoms with E-state index >= 15 is 0 Å². The van der Waals surface area contributed by atoms with Gasteiger partial charge in [-0.3, -0.25) is 0 Å². The maximum Gasteiger partial charge on any atom is 0.138 e. The van der Waals surface area contributed by atoms with Gasteiger partial charge >= 0.3 is 0 Å². The first-order valence-corrected chi connectivity index (χ1v) is 7.38. The van der Waals surface area contributed by atoms with Crippen LogP contribution in [0.1, 0.15) is 32.8 Å². The zero-order chi connectivity index (χ0) is 15.2. The monoisotopic (exact) mass is 299 g/mol. The average molecular weight is 300 g/mol. The highest BCUT2D eigenvalue weighted by atomic mass is 35.5. The zero-order valence-electron chi connectivity index (χ0n) is 12.9. The molecule has 0 fully saturated rings. The standard InChI is InChI=1S/C16H26ClNO2/c1-16(2,3)15(18)11-12-6-7-13(17)14(10-12)20-9-5-8-19-4/h6-7,10,15H,5,8-9,11,18H2,1-4H3. The molecular formula is C16H26ClNO2. The summed E-state index contributed by atoms with van der Waals surface area (Å²) in [7, 11) is 1.68. The molecule has 0 aromatic heterocycles. The molecule has 2 N–H and O–H groups in total. The molecule has 0 aliphatic rings. The molecule has 3 nitrogen and oxygen atoms in total. The van der Waals surface area contributed by atoms with Crippen molar-refractivity contribution < 1.29 is 9.47 Å². The fourth-order valence-electron chi connectivity index (χ4n) is 1.73. The van der Waals surface area contributed by atoms with E-state index in [1.54, 1.807) is 7.11 Å². The highest BCUT2D eigenvalue weighted by Gasteiger charge is 2.21. The first kappa shape index (κ1) is 17.3. The van der Waals surface area contributed by atoms with Gasteiger partial charge in [0.05, 0.1) is 11.6 Å². The zero-order valence-corrected chi connectivity index (χ0v) is 13.7. The summed E-state index contributed by atoms with van der Waals surface area (Å²) in [5, 5.41) is 0.635. The topological polar surface area (TPSA) is 44.5 Å². The molecule has 0 radical (unpaired) electrons. The minimum Gasteiger partial charge on any atom is -0.492 e. The van der Waals surface area contributed by atoms with Crippen LogP contribution in [0.25, 0.3) is 0 Å². The molecule has 0 saturated heterocycles. The van der Waals surface area contributed by atoms with Crippen molar-refractivity contribution >= 4 is 11.6 Å². The normalized spacial score (nSPS) is 13.3. The van der Waals surface area contributed by atoms with Gasteiger partial charge in [-0.2, -0.15) is 0 Å². The molecule has 20 heavy (non-hydrogen) atoms. The van der Waals surface area contributed by atoms with E-state index in [9.17, 15) is 0 Å². The molecule has 1 aromatic carbocycles. The summed E-state index contributed by atoms with van der Waals surface area (Å²) in [4.78, 5) is 0. The Bertz CT molecular complexity index is 415. The first-order valence-electron chi connectivity index (χ1n) is 7.00. The fourth-order valence-corrected chi connectivity index (χ4v) is 1.90. The van der Waals surface area contributed by atoms with Crippen molar-refractivity contribution in [2.45, 2.75) is 39.7 Å². The van der Waals surface area contributed by atoms with Crippen LogP contribution in [-0.4, -0.2) is 26.4 Å². The van der Waals surface area contributed by atoms with Crippen LogP contribution in [0.2, 0.25) is 5.02 Å². The van der Waals surface area contributed by atoms with Gasteiger partial charge in [0, 0.05) is 26.2 Å². The third-order valence-corrected chi connectivity index (χ3v) is 3.63. The van der Waals surface area contributed by atoms with Gasteiger partial charge in [0.2, 0.25) is 0 Å². The molecule has 1 aromatic rings. The van der Waals surface area contributed by atoms with Crippen molar-refractivity contribution in [1.82, 2.24) is 0 Å². The lowest BCUT2D eigenvalue weighted by atomic mass is 9.84. The van der Waals surface area contributed by atoms with Gasteiger partial charge < -0.3 is 15.2 Å². The Morgan fingerprint density at radius 1 is 1.25 bits per heavy atom. The number of nitrogens with two attached hydrogens (primary N) is 1. The lowest BCUT2D eigenvalue weighted by Crippen LogP contribution is -2.36. The highest BCUT2D eigenvalue weighted by molar-refractivity contribution is 6.32. The van der Waals surface area contributed by atoms with Crippen molar-refractivity contribution in [2.24, 2.45) is 11.1 Å². The van der Waals surface area contributed by atoms with Gasteiger partial charge in [0.15, 0.2) is 0 Å². The van der Waals surface area contributed by atoms with E-state index in [0.717, 1.165) is 24.2 Å². The number of benzene rings is 1. The second kappa shape index (κ2) is 7.87. The summed E-state index contributed by atoms with van der Waals surface area (Å²) >= 11 is 6.15. The Kier molecular flexibility index (Phi) is 6.80. The molecule has 0 bridgehead atoms. The Morgan fingerprint density at radius 2 is 1.95 bits per heavy atom. The molecule has 1 atom stereocenters. The second-order valence-electron chi connectivity index (χ2n) is 6.14. The maximum absolute atomic E-state index is 6.22. The lowest BCUT2D eigenvalue weighted by molar-refractivity contribution is 0.172. The molecule has 0 saturated carbocycles. The lowest BCUT2D eigenvalue weighted by Gasteiger charge is -2.27. The van der Waals surface area contributed by atoms with Crippen molar-refractivity contribution in [3.05, 3.63) is 28.8 Å². The van der Waals surface area contributed by atoms with Crippen LogP contribution >= 0.6 is 11.6 Å². The SMILES string of the molecule is COCCCOc1cc(CC(N)C(C)(C)C)ccc1Cl. The van der Waals surface area contributed by atoms with Crippen LogP contribution in [0, 0.1) is 5.41 Å². The molecular weight excluding hydrogens is 274 g/mol. The van der Waals surface area contributed by atoms with Crippen LogP contribution in [0.5, 0.6) is 5.75 Å². The van der Waals surface area contributed by atoms with Gasteiger partial charge in [-0.05, 0) is 29.5 Å². The molecule has 114 valence electrons. The Hall–Kier alpha value is -0.770. The summed E-state index contributed by atoms with van der Waals surface area (Å²) < 4.78 is 10.7. The van der Waals surface area contributed by atoms with Gasteiger partial charge in [0.1, 0.15) is 5.75 Å². The third-order valence-electron chi connectivity index (χ3n) is 3.31. The van der Waals surface area contributed by atoms with Crippen LogP contribution < -0.4 is 10.5 Å². The number of rotatable bonds is 7. The summed E-state index contributed by atoms with van der Waals surface area (Å²) in [6.45, 7) is 7.73. The molecule has 0 amide bonds. The van der Waals surface area contributed by atoms with Crippen LogP contribution in [0.15, 0.2) is 18.2 Å². The van der Waals surface area contributed by atoms with E-state index in [0.29, 0.717) is 18.2 Å². The molecule has 0 heterocycles. The highest BCUT2D eigenvalue weighted by Crippen LogP contribution is 2.28. The largest absolute Gasteiger partial charge is 0.492 e.